The number of rotatable bonds is 6. The second-order valence-corrected chi connectivity index (χ2v) is 11.0. The van der Waals surface area contributed by atoms with E-state index in [0.717, 1.165) is 25.9 Å². The molecule has 2 fully saturated rings. The first kappa shape index (κ1) is 30.7. The number of alkyl halides is 6. The third-order valence-corrected chi connectivity index (χ3v) is 8.14. The van der Waals surface area contributed by atoms with Crippen LogP contribution in [0.5, 0.6) is 0 Å². The molecule has 40 heavy (non-hydrogen) atoms. The lowest BCUT2D eigenvalue weighted by molar-refractivity contribution is -0.143. The lowest BCUT2D eigenvalue weighted by atomic mass is 9.96. The maximum Gasteiger partial charge on any atom is 0.416 e. The van der Waals surface area contributed by atoms with Crippen molar-refractivity contribution in [1.29, 1.82) is 0 Å². The molecule has 1 unspecified atom stereocenters. The van der Waals surface area contributed by atoms with Crippen molar-refractivity contribution in [2.45, 2.75) is 56.5 Å². The molecule has 4 rings (SSSR count). The van der Waals surface area contributed by atoms with Gasteiger partial charge in [0, 0.05) is 47.0 Å². The van der Waals surface area contributed by atoms with Crippen LogP contribution in [0, 0.1) is 0 Å². The number of carbonyl (C=O) groups is 1. The first-order chi connectivity index (χ1) is 18.8. The van der Waals surface area contributed by atoms with E-state index in [9.17, 15) is 31.1 Å². The Kier molecular flexibility index (Phi) is 9.80. The van der Waals surface area contributed by atoms with Gasteiger partial charge in [-0.2, -0.15) is 26.3 Å². The van der Waals surface area contributed by atoms with Gasteiger partial charge in [-0.15, -0.1) is 0 Å². The first-order valence-electron chi connectivity index (χ1n) is 13.1. The zero-order chi connectivity index (χ0) is 29.1. The molecule has 0 radical (unpaired) electrons. The molecule has 5 nitrogen and oxygen atoms in total. The minimum absolute atomic E-state index is 0.00598. The van der Waals surface area contributed by atoms with Crippen molar-refractivity contribution in [2.24, 2.45) is 0 Å². The second-order valence-electron chi connectivity index (χ2n) is 10.1. The number of benzene rings is 2. The Hall–Kier alpha value is -2.21. The number of nitrogens with one attached hydrogen (secondary N) is 2. The molecule has 2 aromatic rings. The van der Waals surface area contributed by atoms with Crippen LogP contribution in [0.15, 0.2) is 36.4 Å². The average Bonchev–Trinajstić information content (AvgIpc) is 2.90. The lowest BCUT2D eigenvalue weighted by Crippen LogP contribution is -2.49. The van der Waals surface area contributed by atoms with E-state index in [1.54, 1.807) is 18.2 Å². The maximum absolute atomic E-state index is 13.2. The van der Waals surface area contributed by atoms with Crippen LogP contribution in [0.2, 0.25) is 10.0 Å². The third kappa shape index (κ3) is 7.74. The first-order valence-corrected chi connectivity index (χ1v) is 13.8. The van der Waals surface area contributed by atoms with Gasteiger partial charge in [0.2, 0.25) is 0 Å². The zero-order valence-electron chi connectivity index (χ0n) is 21.5. The normalized spacial score (nSPS) is 18.9. The fraction of sp³-hybridized carbons (Fsp3) is 0.519. The van der Waals surface area contributed by atoms with Crippen molar-refractivity contribution in [3.8, 4) is 0 Å². The lowest BCUT2D eigenvalue weighted by Gasteiger charge is -2.43. The molecule has 1 atom stereocenters. The molecule has 0 aliphatic carbocycles. The Morgan fingerprint density at radius 3 is 1.95 bits per heavy atom. The smallest absolute Gasteiger partial charge is 0.336 e. The highest BCUT2D eigenvalue weighted by Gasteiger charge is 2.37. The molecule has 13 heteroatoms. The van der Waals surface area contributed by atoms with E-state index in [0.29, 0.717) is 46.9 Å². The van der Waals surface area contributed by atoms with Crippen molar-refractivity contribution in [3.05, 3.63) is 63.1 Å². The highest BCUT2D eigenvalue weighted by Crippen LogP contribution is 2.38. The molecule has 2 aromatic carbocycles. The predicted octanol–water partition coefficient (Wildman–Crippen LogP) is 7.84. The number of likely N-dealkylation sites (tertiary alicyclic amines) is 2. The Morgan fingerprint density at radius 1 is 0.875 bits per heavy atom. The minimum Gasteiger partial charge on any atom is -0.336 e. The fourth-order valence-electron chi connectivity index (χ4n) is 5.48. The molecule has 220 valence electrons. The molecule has 2 saturated heterocycles. The van der Waals surface area contributed by atoms with Gasteiger partial charge >= 0.3 is 18.4 Å². The van der Waals surface area contributed by atoms with Crippen LogP contribution >= 0.6 is 23.2 Å². The van der Waals surface area contributed by atoms with E-state index in [4.69, 9.17) is 23.2 Å². The quantitative estimate of drug-likeness (QED) is 0.328. The Balaban J connectivity index is 1.48. The molecular weight excluding hydrogens is 581 g/mol. The van der Waals surface area contributed by atoms with Crippen LogP contribution in [0.25, 0.3) is 0 Å². The van der Waals surface area contributed by atoms with Gasteiger partial charge in [-0.25, -0.2) is 4.79 Å². The largest absolute Gasteiger partial charge is 0.416 e. The molecule has 2 aliphatic rings. The van der Waals surface area contributed by atoms with Gasteiger partial charge in [-0.05, 0) is 69.1 Å². The molecule has 0 spiro atoms. The van der Waals surface area contributed by atoms with E-state index in [2.05, 4.69) is 20.4 Å². The Bertz CT molecular complexity index is 1130. The van der Waals surface area contributed by atoms with Gasteiger partial charge in [0.1, 0.15) is 0 Å². The molecule has 2 amide bonds. The monoisotopic (exact) mass is 610 g/mol. The number of hydrogen-bond acceptors (Lipinski definition) is 3. The summed E-state index contributed by atoms with van der Waals surface area (Å²) in [6.45, 7) is 3.56. The van der Waals surface area contributed by atoms with E-state index in [1.165, 1.54) is 19.3 Å². The fourth-order valence-corrected chi connectivity index (χ4v) is 6.13. The zero-order valence-corrected chi connectivity index (χ0v) is 23.0. The highest BCUT2D eigenvalue weighted by molar-refractivity contribution is 6.36. The SMILES string of the molecule is O=C(NCC(c1c(Cl)cccc1Cl)N1CCC(N2CCCCC2)CC1)Nc1cc(C(F)(F)F)cc(C(F)(F)F)c1. The molecule has 2 aliphatic heterocycles. The maximum atomic E-state index is 13.2. The Labute approximate surface area is 238 Å². The predicted molar refractivity (Wildman–Crippen MR) is 143 cm³/mol. The summed E-state index contributed by atoms with van der Waals surface area (Å²) in [6.07, 6.45) is -4.61. The third-order valence-electron chi connectivity index (χ3n) is 7.48. The van der Waals surface area contributed by atoms with Gasteiger partial charge in [-0.1, -0.05) is 35.7 Å². The van der Waals surface area contributed by atoms with Gasteiger partial charge in [0.05, 0.1) is 17.2 Å². The summed E-state index contributed by atoms with van der Waals surface area (Å²) < 4.78 is 79.3. The Morgan fingerprint density at radius 2 is 1.43 bits per heavy atom. The summed E-state index contributed by atoms with van der Waals surface area (Å²) in [5.41, 5.74) is -3.07. The van der Waals surface area contributed by atoms with Crippen LogP contribution in [0.1, 0.15) is 54.8 Å². The van der Waals surface area contributed by atoms with Crippen molar-refractivity contribution >= 4 is 34.9 Å². The summed E-state index contributed by atoms with van der Waals surface area (Å²) in [6, 6.07) is 5.02. The van der Waals surface area contributed by atoms with E-state index >= 15 is 0 Å². The second kappa shape index (κ2) is 12.8. The highest BCUT2D eigenvalue weighted by atomic mass is 35.5. The molecule has 2 N–H and O–H groups in total. The van der Waals surface area contributed by atoms with E-state index in [1.807, 2.05) is 0 Å². The molecule has 0 bridgehead atoms. The van der Waals surface area contributed by atoms with Crippen LogP contribution in [-0.2, 0) is 12.4 Å². The number of piperidine rings is 2. The number of nitrogens with zero attached hydrogens (tertiary/aromatic N) is 2. The van der Waals surface area contributed by atoms with Gasteiger partial charge in [0.25, 0.3) is 0 Å². The molecule has 2 heterocycles. The molecular formula is C27H30Cl2F6N4O. The van der Waals surface area contributed by atoms with Crippen LogP contribution in [0.4, 0.5) is 36.8 Å². The molecule has 0 aromatic heterocycles. The number of anilines is 1. The van der Waals surface area contributed by atoms with Gasteiger partial charge in [-0.3, -0.25) is 4.90 Å². The summed E-state index contributed by atoms with van der Waals surface area (Å²) in [5, 5.41) is 5.49. The van der Waals surface area contributed by atoms with Crippen LogP contribution in [0.3, 0.4) is 0 Å². The number of carbonyl (C=O) groups excluding carboxylic acids is 1. The van der Waals surface area contributed by atoms with Crippen LogP contribution in [-0.4, -0.2) is 54.6 Å². The standard InChI is InChI=1S/C27H30Cl2F6N4O/c28-21-5-4-6-22(29)24(21)23(39-11-7-20(8-12-39)38-9-2-1-3-10-38)16-36-25(40)37-19-14-17(26(30,31)32)13-18(15-19)27(33,34)35/h4-6,13-15,20,23H,1-3,7-12,16H2,(H2,36,37,40). The average molecular weight is 611 g/mol. The number of hydrogen-bond donors (Lipinski definition) is 2. The summed E-state index contributed by atoms with van der Waals surface area (Å²) in [5.74, 6) is 0. The molecule has 0 saturated carbocycles. The summed E-state index contributed by atoms with van der Waals surface area (Å²) in [4.78, 5) is 17.4. The van der Waals surface area contributed by atoms with Crippen molar-refractivity contribution in [3.63, 3.8) is 0 Å². The van der Waals surface area contributed by atoms with Crippen molar-refractivity contribution in [2.75, 3.05) is 38.0 Å². The topological polar surface area (TPSA) is 47.6 Å². The van der Waals surface area contributed by atoms with Gasteiger partial charge < -0.3 is 15.5 Å². The van der Waals surface area contributed by atoms with Crippen LogP contribution < -0.4 is 10.6 Å². The number of urea groups is 1. The van der Waals surface area contributed by atoms with E-state index < -0.39 is 41.2 Å². The van der Waals surface area contributed by atoms with Crippen molar-refractivity contribution in [1.82, 2.24) is 15.1 Å². The van der Waals surface area contributed by atoms with Gasteiger partial charge in [0.15, 0.2) is 0 Å². The van der Waals surface area contributed by atoms with Crippen molar-refractivity contribution < 1.29 is 31.1 Å². The summed E-state index contributed by atoms with van der Waals surface area (Å²) in [7, 11) is 0. The number of halogens is 8. The number of amides is 2. The summed E-state index contributed by atoms with van der Waals surface area (Å²) >= 11 is 13.0. The minimum atomic E-state index is -5.03. The van der Waals surface area contributed by atoms with E-state index in [-0.39, 0.29) is 12.6 Å².